The molecular weight excluding hydrogens is 370 g/mol. The lowest BCUT2D eigenvalue weighted by atomic mass is 10.1. The molecule has 0 saturated carbocycles. The molecule has 4 heteroatoms. The molecule has 3 aromatic rings. The fourth-order valence-electron chi connectivity index (χ4n) is 2.70. The maximum Gasteiger partial charge on any atom is 0.161 e. The molecule has 28 heavy (non-hydrogen) atoms. The summed E-state index contributed by atoms with van der Waals surface area (Å²) < 4.78 is 11.8. The molecule has 0 radical (unpaired) electrons. The van der Waals surface area contributed by atoms with Gasteiger partial charge in [0.2, 0.25) is 0 Å². The first-order valence-corrected chi connectivity index (χ1v) is 9.68. The fraction of sp³-hybridized carbons (Fsp3) is 0.208. The van der Waals surface area contributed by atoms with Crippen molar-refractivity contribution in [2.24, 2.45) is 4.99 Å². The zero-order chi connectivity index (χ0) is 19.9. The number of aliphatic imine (C=N–C) groups is 1. The van der Waals surface area contributed by atoms with Gasteiger partial charge in [-0.1, -0.05) is 47.5 Å². The van der Waals surface area contributed by atoms with E-state index in [4.69, 9.17) is 21.1 Å². The SMILES string of the molecule is CCOc1cc(C=Nc2cc(Cl)ccc2C)ccc1OCc1ccc(C)cc1. The Morgan fingerprint density at radius 2 is 1.68 bits per heavy atom. The quantitative estimate of drug-likeness (QED) is 0.419. The largest absolute Gasteiger partial charge is 0.490 e. The van der Waals surface area contributed by atoms with E-state index in [-0.39, 0.29) is 0 Å². The molecule has 0 spiro atoms. The topological polar surface area (TPSA) is 30.8 Å². The summed E-state index contributed by atoms with van der Waals surface area (Å²) >= 11 is 6.07. The van der Waals surface area contributed by atoms with Gasteiger partial charge in [0.25, 0.3) is 0 Å². The van der Waals surface area contributed by atoms with Crippen molar-refractivity contribution in [2.45, 2.75) is 27.4 Å². The molecule has 3 aromatic carbocycles. The van der Waals surface area contributed by atoms with Crippen molar-refractivity contribution in [2.75, 3.05) is 6.61 Å². The molecule has 0 aromatic heterocycles. The number of hydrogen-bond donors (Lipinski definition) is 0. The van der Waals surface area contributed by atoms with Crippen molar-refractivity contribution >= 4 is 23.5 Å². The average Bonchev–Trinajstić information content (AvgIpc) is 2.69. The standard InChI is InChI=1S/C24H24ClNO2/c1-4-27-24-13-20(15-26-22-14-21(25)11-7-18(22)3)10-12-23(24)28-16-19-8-5-17(2)6-9-19/h5-15H,4,16H2,1-3H3. The Balaban J connectivity index is 1.77. The van der Waals surface area contributed by atoms with E-state index in [9.17, 15) is 0 Å². The van der Waals surface area contributed by atoms with E-state index in [1.807, 2.05) is 56.5 Å². The molecule has 0 bridgehead atoms. The first kappa shape index (κ1) is 20.0. The highest BCUT2D eigenvalue weighted by molar-refractivity contribution is 6.30. The van der Waals surface area contributed by atoms with Crippen LogP contribution in [-0.4, -0.2) is 12.8 Å². The average molecular weight is 394 g/mol. The van der Waals surface area contributed by atoms with Gasteiger partial charge in [-0.05, 0) is 67.8 Å². The van der Waals surface area contributed by atoms with Gasteiger partial charge in [-0.3, -0.25) is 4.99 Å². The van der Waals surface area contributed by atoms with Gasteiger partial charge < -0.3 is 9.47 Å². The zero-order valence-corrected chi connectivity index (χ0v) is 17.2. The Labute approximate surface area is 171 Å². The van der Waals surface area contributed by atoms with Crippen molar-refractivity contribution < 1.29 is 9.47 Å². The number of hydrogen-bond acceptors (Lipinski definition) is 3. The third-order valence-electron chi connectivity index (χ3n) is 4.31. The molecule has 0 fully saturated rings. The minimum absolute atomic E-state index is 0.496. The minimum atomic E-state index is 0.496. The molecule has 144 valence electrons. The van der Waals surface area contributed by atoms with Gasteiger partial charge in [0, 0.05) is 11.2 Å². The van der Waals surface area contributed by atoms with Crippen LogP contribution < -0.4 is 9.47 Å². The van der Waals surface area contributed by atoms with Crippen molar-refractivity contribution in [3.63, 3.8) is 0 Å². The smallest absolute Gasteiger partial charge is 0.161 e. The second kappa shape index (κ2) is 9.43. The van der Waals surface area contributed by atoms with Crippen LogP contribution in [0.1, 0.15) is 29.2 Å². The lowest BCUT2D eigenvalue weighted by molar-refractivity contribution is 0.269. The Hall–Kier alpha value is -2.78. The van der Waals surface area contributed by atoms with Crippen LogP contribution in [0.4, 0.5) is 5.69 Å². The molecule has 0 aliphatic rings. The highest BCUT2D eigenvalue weighted by Gasteiger charge is 2.07. The molecule has 0 unspecified atom stereocenters. The fourth-order valence-corrected chi connectivity index (χ4v) is 2.87. The molecule has 0 N–H and O–H groups in total. The lowest BCUT2D eigenvalue weighted by Gasteiger charge is -2.13. The van der Waals surface area contributed by atoms with Gasteiger partial charge in [0.1, 0.15) is 6.61 Å². The van der Waals surface area contributed by atoms with Crippen LogP contribution in [0.5, 0.6) is 11.5 Å². The Morgan fingerprint density at radius 1 is 0.893 bits per heavy atom. The summed E-state index contributed by atoms with van der Waals surface area (Å²) in [5.41, 5.74) is 5.21. The summed E-state index contributed by atoms with van der Waals surface area (Å²) in [6, 6.07) is 19.8. The summed E-state index contributed by atoms with van der Waals surface area (Å²) in [6.45, 7) is 7.10. The Morgan fingerprint density at radius 3 is 2.43 bits per heavy atom. The molecular formula is C24H24ClNO2. The van der Waals surface area contributed by atoms with Crippen LogP contribution in [0.25, 0.3) is 0 Å². The van der Waals surface area contributed by atoms with Gasteiger partial charge in [-0.2, -0.15) is 0 Å². The van der Waals surface area contributed by atoms with E-state index in [0.29, 0.717) is 24.0 Å². The lowest BCUT2D eigenvalue weighted by Crippen LogP contribution is -2.00. The first-order valence-electron chi connectivity index (χ1n) is 9.30. The van der Waals surface area contributed by atoms with E-state index in [1.54, 1.807) is 0 Å². The first-order chi connectivity index (χ1) is 13.5. The van der Waals surface area contributed by atoms with Gasteiger partial charge in [0.05, 0.1) is 12.3 Å². The summed E-state index contributed by atoms with van der Waals surface area (Å²) in [5, 5.41) is 0.674. The maximum atomic E-state index is 6.07. The number of nitrogens with zero attached hydrogens (tertiary/aromatic N) is 1. The number of rotatable bonds is 7. The predicted molar refractivity (Wildman–Crippen MR) is 117 cm³/mol. The third kappa shape index (κ3) is 5.37. The molecule has 0 amide bonds. The van der Waals surface area contributed by atoms with Crippen LogP contribution in [0.3, 0.4) is 0 Å². The van der Waals surface area contributed by atoms with Crippen LogP contribution in [0.2, 0.25) is 5.02 Å². The molecule has 0 saturated heterocycles. The Kier molecular flexibility index (Phi) is 6.72. The maximum absolute atomic E-state index is 6.07. The Bertz CT molecular complexity index is 965. The van der Waals surface area contributed by atoms with Crippen LogP contribution in [0.15, 0.2) is 65.7 Å². The molecule has 0 atom stereocenters. The van der Waals surface area contributed by atoms with Crippen molar-refractivity contribution in [3.05, 3.63) is 87.9 Å². The number of halogens is 1. The number of ether oxygens (including phenoxy) is 2. The molecule has 3 rings (SSSR count). The van der Waals surface area contributed by atoms with Crippen molar-refractivity contribution in [1.29, 1.82) is 0 Å². The zero-order valence-electron chi connectivity index (χ0n) is 16.4. The summed E-state index contributed by atoms with van der Waals surface area (Å²) in [5.74, 6) is 1.43. The van der Waals surface area contributed by atoms with Crippen LogP contribution in [-0.2, 0) is 6.61 Å². The second-order valence-electron chi connectivity index (χ2n) is 6.60. The monoisotopic (exact) mass is 393 g/mol. The van der Waals surface area contributed by atoms with E-state index >= 15 is 0 Å². The van der Waals surface area contributed by atoms with Gasteiger partial charge in [-0.25, -0.2) is 0 Å². The van der Waals surface area contributed by atoms with E-state index in [1.165, 1.54) is 5.56 Å². The highest BCUT2D eigenvalue weighted by Crippen LogP contribution is 2.29. The predicted octanol–water partition coefficient (Wildman–Crippen LogP) is 6.69. The molecule has 3 nitrogen and oxygen atoms in total. The highest BCUT2D eigenvalue weighted by atomic mass is 35.5. The summed E-state index contributed by atoms with van der Waals surface area (Å²) in [4.78, 5) is 4.56. The third-order valence-corrected chi connectivity index (χ3v) is 4.54. The van der Waals surface area contributed by atoms with Crippen molar-refractivity contribution in [1.82, 2.24) is 0 Å². The van der Waals surface area contributed by atoms with E-state index < -0.39 is 0 Å². The summed E-state index contributed by atoms with van der Waals surface area (Å²) in [7, 11) is 0. The second-order valence-corrected chi connectivity index (χ2v) is 7.04. The molecule has 0 aliphatic carbocycles. The molecule has 0 aliphatic heterocycles. The van der Waals surface area contributed by atoms with Gasteiger partial charge in [-0.15, -0.1) is 0 Å². The minimum Gasteiger partial charge on any atom is -0.490 e. The van der Waals surface area contributed by atoms with Crippen molar-refractivity contribution in [3.8, 4) is 11.5 Å². The van der Waals surface area contributed by atoms with Crippen LogP contribution >= 0.6 is 11.6 Å². The van der Waals surface area contributed by atoms with Gasteiger partial charge >= 0.3 is 0 Å². The number of aryl methyl sites for hydroxylation is 2. The normalized spacial score (nSPS) is 11.0. The summed E-state index contributed by atoms with van der Waals surface area (Å²) in [6.07, 6.45) is 1.81. The van der Waals surface area contributed by atoms with E-state index in [2.05, 4.69) is 36.2 Å². The van der Waals surface area contributed by atoms with Gasteiger partial charge in [0.15, 0.2) is 11.5 Å². The van der Waals surface area contributed by atoms with E-state index in [0.717, 1.165) is 28.1 Å². The number of benzene rings is 3. The molecule has 0 heterocycles. The van der Waals surface area contributed by atoms with Crippen LogP contribution in [0, 0.1) is 13.8 Å².